The third-order valence-corrected chi connectivity index (χ3v) is 3.39. The number of nitriles is 1. The van der Waals surface area contributed by atoms with Gasteiger partial charge in [-0.1, -0.05) is 0 Å². The van der Waals surface area contributed by atoms with Crippen molar-refractivity contribution in [2.75, 3.05) is 13.2 Å². The average Bonchev–Trinajstić information content (AvgIpc) is 2.88. The summed E-state index contributed by atoms with van der Waals surface area (Å²) in [6.45, 7) is 0.826. The number of rotatable bonds is 3. The summed E-state index contributed by atoms with van der Waals surface area (Å²) in [5, 5.41) is 17.8. The molecule has 18 heavy (non-hydrogen) atoms. The second kappa shape index (κ2) is 5.69. The van der Waals surface area contributed by atoms with E-state index in [1.807, 2.05) is 11.0 Å². The van der Waals surface area contributed by atoms with Crippen LogP contribution in [0.5, 0.6) is 0 Å². The van der Waals surface area contributed by atoms with Gasteiger partial charge in [-0.2, -0.15) is 5.26 Å². The van der Waals surface area contributed by atoms with E-state index in [0.717, 1.165) is 25.8 Å². The highest BCUT2D eigenvalue weighted by atomic mass is 16.3. The molecule has 1 fully saturated rings. The van der Waals surface area contributed by atoms with Gasteiger partial charge >= 0.3 is 0 Å². The molecule has 0 spiro atoms. The van der Waals surface area contributed by atoms with E-state index in [1.54, 1.807) is 6.07 Å². The predicted octanol–water partition coefficient (Wildman–Crippen LogP) is 1.26. The molecule has 0 radical (unpaired) electrons. The summed E-state index contributed by atoms with van der Waals surface area (Å²) in [5.74, 6) is -0.0744. The van der Waals surface area contributed by atoms with Gasteiger partial charge in [0.1, 0.15) is 11.8 Å². The van der Waals surface area contributed by atoms with E-state index in [1.165, 1.54) is 6.20 Å². The average molecular weight is 247 g/mol. The molecule has 1 saturated heterocycles. The standard InChI is InChI=1S/C13H17N3O2/c14-8-10-7-12(15-9-10)13(18)16-5-2-1-3-11(16)4-6-17/h7,9,11,15,17H,1-6H2/t11-/m0/s1. The van der Waals surface area contributed by atoms with Crippen LogP contribution < -0.4 is 0 Å². The van der Waals surface area contributed by atoms with Crippen molar-refractivity contribution in [3.05, 3.63) is 23.5 Å². The van der Waals surface area contributed by atoms with Gasteiger partial charge in [0.15, 0.2) is 0 Å². The Morgan fingerprint density at radius 2 is 2.44 bits per heavy atom. The van der Waals surface area contributed by atoms with Crippen molar-refractivity contribution in [2.24, 2.45) is 0 Å². The Labute approximate surface area is 106 Å². The topological polar surface area (TPSA) is 80.1 Å². The normalized spacial score (nSPS) is 19.6. The summed E-state index contributed by atoms with van der Waals surface area (Å²) in [7, 11) is 0. The number of nitrogens with one attached hydrogen (secondary N) is 1. The number of likely N-dealkylation sites (tertiary alicyclic amines) is 1. The molecule has 1 atom stereocenters. The number of amides is 1. The van der Waals surface area contributed by atoms with Gasteiger partial charge in [0, 0.05) is 25.4 Å². The number of hydrogen-bond donors (Lipinski definition) is 2. The van der Waals surface area contributed by atoms with E-state index in [-0.39, 0.29) is 18.6 Å². The van der Waals surface area contributed by atoms with Crippen LogP contribution in [0.1, 0.15) is 41.7 Å². The smallest absolute Gasteiger partial charge is 0.270 e. The third-order valence-electron chi connectivity index (χ3n) is 3.39. The molecule has 1 aliphatic heterocycles. The summed E-state index contributed by atoms with van der Waals surface area (Å²) in [6.07, 6.45) is 5.20. The number of H-pyrrole nitrogens is 1. The second-order valence-electron chi connectivity index (χ2n) is 4.57. The van der Waals surface area contributed by atoms with Gasteiger partial charge in [0.05, 0.1) is 5.56 Å². The Morgan fingerprint density at radius 1 is 1.61 bits per heavy atom. The van der Waals surface area contributed by atoms with Crippen molar-refractivity contribution in [1.29, 1.82) is 5.26 Å². The van der Waals surface area contributed by atoms with Crippen LogP contribution in [0.4, 0.5) is 0 Å². The molecule has 2 heterocycles. The second-order valence-corrected chi connectivity index (χ2v) is 4.57. The lowest BCUT2D eigenvalue weighted by atomic mass is 9.99. The minimum atomic E-state index is -0.0744. The molecule has 0 aliphatic carbocycles. The van der Waals surface area contributed by atoms with Crippen molar-refractivity contribution in [1.82, 2.24) is 9.88 Å². The Bertz CT molecular complexity index is 459. The Kier molecular flexibility index (Phi) is 4.00. The molecular formula is C13H17N3O2. The van der Waals surface area contributed by atoms with Crippen molar-refractivity contribution in [3.8, 4) is 6.07 Å². The van der Waals surface area contributed by atoms with E-state index >= 15 is 0 Å². The Morgan fingerprint density at radius 3 is 3.11 bits per heavy atom. The van der Waals surface area contributed by atoms with Gasteiger partial charge in [-0.15, -0.1) is 0 Å². The van der Waals surface area contributed by atoms with Gasteiger partial charge < -0.3 is 15.0 Å². The van der Waals surface area contributed by atoms with Gasteiger partial charge in [0.2, 0.25) is 0 Å². The molecule has 1 aromatic heterocycles. The van der Waals surface area contributed by atoms with Crippen molar-refractivity contribution in [2.45, 2.75) is 31.7 Å². The van der Waals surface area contributed by atoms with Gasteiger partial charge in [-0.25, -0.2) is 0 Å². The van der Waals surface area contributed by atoms with Crippen LogP contribution in [-0.2, 0) is 0 Å². The number of nitrogens with zero attached hydrogens (tertiary/aromatic N) is 2. The lowest BCUT2D eigenvalue weighted by Crippen LogP contribution is -2.44. The fourth-order valence-corrected chi connectivity index (χ4v) is 2.45. The quantitative estimate of drug-likeness (QED) is 0.844. The molecule has 0 bridgehead atoms. The van der Waals surface area contributed by atoms with Gasteiger partial charge in [-0.05, 0) is 31.7 Å². The van der Waals surface area contributed by atoms with Crippen LogP contribution in [0.2, 0.25) is 0 Å². The minimum absolute atomic E-state index is 0.0744. The molecule has 0 aromatic carbocycles. The van der Waals surface area contributed by atoms with E-state index in [0.29, 0.717) is 17.7 Å². The molecule has 0 saturated carbocycles. The number of hydrogen-bond acceptors (Lipinski definition) is 3. The molecular weight excluding hydrogens is 230 g/mol. The van der Waals surface area contributed by atoms with E-state index in [2.05, 4.69) is 4.98 Å². The van der Waals surface area contributed by atoms with Crippen molar-refractivity contribution in [3.63, 3.8) is 0 Å². The van der Waals surface area contributed by atoms with Crippen LogP contribution in [-0.4, -0.2) is 40.1 Å². The number of carbonyl (C=O) groups excluding carboxylic acids is 1. The summed E-state index contributed by atoms with van der Waals surface area (Å²) in [5.41, 5.74) is 0.922. The lowest BCUT2D eigenvalue weighted by Gasteiger charge is -2.35. The number of piperidine rings is 1. The molecule has 2 N–H and O–H groups in total. The van der Waals surface area contributed by atoms with E-state index < -0.39 is 0 Å². The predicted molar refractivity (Wildman–Crippen MR) is 65.9 cm³/mol. The van der Waals surface area contributed by atoms with Crippen LogP contribution >= 0.6 is 0 Å². The largest absolute Gasteiger partial charge is 0.396 e. The number of carbonyl (C=O) groups is 1. The van der Waals surface area contributed by atoms with Crippen LogP contribution in [0, 0.1) is 11.3 Å². The van der Waals surface area contributed by atoms with Crippen LogP contribution in [0.15, 0.2) is 12.3 Å². The zero-order valence-electron chi connectivity index (χ0n) is 10.2. The highest BCUT2D eigenvalue weighted by Gasteiger charge is 2.27. The SMILES string of the molecule is N#Cc1c[nH]c(C(=O)N2CCCC[C@H]2CCO)c1. The number of aliphatic hydroxyl groups is 1. The Balaban J connectivity index is 2.13. The van der Waals surface area contributed by atoms with E-state index in [4.69, 9.17) is 10.4 Å². The minimum Gasteiger partial charge on any atom is -0.396 e. The molecule has 0 unspecified atom stereocenters. The first-order chi connectivity index (χ1) is 8.76. The number of aromatic amines is 1. The first-order valence-electron chi connectivity index (χ1n) is 6.26. The zero-order valence-corrected chi connectivity index (χ0v) is 10.2. The molecule has 5 heteroatoms. The zero-order chi connectivity index (χ0) is 13.0. The highest BCUT2D eigenvalue weighted by molar-refractivity contribution is 5.93. The van der Waals surface area contributed by atoms with Gasteiger partial charge in [-0.3, -0.25) is 4.79 Å². The van der Waals surface area contributed by atoms with Crippen molar-refractivity contribution >= 4 is 5.91 Å². The monoisotopic (exact) mass is 247 g/mol. The molecule has 5 nitrogen and oxygen atoms in total. The fraction of sp³-hybridized carbons (Fsp3) is 0.538. The summed E-state index contributed by atoms with van der Waals surface area (Å²) in [4.78, 5) is 17.0. The molecule has 2 rings (SSSR count). The maximum atomic E-state index is 12.3. The lowest BCUT2D eigenvalue weighted by molar-refractivity contribution is 0.0569. The Hall–Kier alpha value is -1.80. The molecule has 1 amide bonds. The molecule has 1 aromatic rings. The summed E-state index contributed by atoms with van der Waals surface area (Å²) < 4.78 is 0. The number of aromatic nitrogens is 1. The van der Waals surface area contributed by atoms with Crippen LogP contribution in [0.3, 0.4) is 0 Å². The highest BCUT2D eigenvalue weighted by Crippen LogP contribution is 2.21. The van der Waals surface area contributed by atoms with Gasteiger partial charge in [0.25, 0.3) is 5.91 Å². The van der Waals surface area contributed by atoms with Crippen LogP contribution in [0.25, 0.3) is 0 Å². The maximum absolute atomic E-state index is 12.3. The summed E-state index contributed by atoms with van der Waals surface area (Å²) >= 11 is 0. The molecule has 1 aliphatic rings. The first-order valence-corrected chi connectivity index (χ1v) is 6.26. The third kappa shape index (κ3) is 2.54. The fourth-order valence-electron chi connectivity index (χ4n) is 2.45. The summed E-state index contributed by atoms with van der Waals surface area (Å²) in [6, 6.07) is 3.69. The molecule has 96 valence electrons. The van der Waals surface area contributed by atoms with E-state index in [9.17, 15) is 4.79 Å². The first kappa shape index (κ1) is 12.7. The number of aliphatic hydroxyl groups excluding tert-OH is 1. The van der Waals surface area contributed by atoms with Crippen molar-refractivity contribution < 1.29 is 9.90 Å². The maximum Gasteiger partial charge on any atom is 0.270 e.